The SMILES string of the molecule is CCN(CC)CC1CCN(C(=O)c2ccn(-c3ccccc3)n2)CC1. The predicted molar refractivity (Wildman–Crippen MR) is 100.0 cm³/mol. The van der Waals surface area contributed by atoms with E-state index in [2.05, 4.69) is 23.8 Å². The molecule has 25 heavy (non-hydrogen) atoms. The first-order chi connectivity index (χ1) is 12.2. The van der Waals surface area contributed by atoms with Gasteiger partial charge in [-0.3, -0.25) is 4.79 Å². The van der Waals surface area contributed by atoms with Gasteiger partial charge in [-0.05, 0) is 50.0 Å². The Bertz CT molecular complexity index is 670. The van der Waals surface area contributed by atoms with E-state index in [1.165, 1.54) is 0 Å². The van der Waals surface area contributed by atoms with E-state index in [0.717, 1.165) is 51.3 Å². The molecule has 0 bridgehead atoms. The van der Waals surface area contributed by atoms with Crippen LogP contribution >= 0.6 is 0 Å². The number of likely N-dealkylation sites (tertiary alicyclic amines) is 1. The summed E-state index contributed by atoms with van der Waals surface area (Å²) in [5.41, 5.74) is 1.51. The number of benzene rings is 1. The molecule has 0 unspecified atom stereocenters. The van der Waals surface area contributed by atoms with Crippen molar-refractivity contribution < 1.29 is 4.79 Å². The zero-order chi connectivity index (χ0) is 17.6. The normalized spacial score (nSPS) is 15.7. The molecule has 1 amide bonds. The monoisotopic (exact) mass is 340 g/mol. The highest BCUT2D eigenvalue weighted by Gasteiger charge is 2.25. The molecule has 134 valence electrons. The average molecular weight is 340 g/mol. The molecular weight excluding hydrogens is 312 g/mol. The molecule has 0 aliphatic carbocycles. The molecule has 1 aromatic carbocycles. The first kappa shape index (κ1) is 17.7. The Labute approximate surface area is 150 Å². The van der Waals surface area contributed by atoms with Gasteiger partial charge in [0.2, 0.25) is 0 Å². The van der Waals surface area contributed by atoms with E-state index in [9.17, 15) is 4.79 Å². The van der Waals surface area contributed by atoms with Crippen LogP contribution in [0.25, 0.3) is 5.69 Å². The van der Waals surface area contributed by atoms with Gasteiger partial charge in [-0.25, -0.2) is 4.68 Å². The fourth-order valence-corrected chi connectivity index (χ4v) is 3.49. The second-order valence-corrected chi connectivity index (χ2v) is 6.70. The second kappa shape index (κ2) is 8.30. The summed E-state index contributed by atoms with van der Waals surface area (Å²) >= 11 is 0. The van der Waals surface area contributed by atoms with Gasteiger partial charge in [-0.15, -0.1) is 0 Å². The molecule has 5 heteroatoms. The number of carbonyl (C=O) groups is 1. The number of para-hydroxylation sites is 1. The zero-order valence-corrected chi connectivity index (χ0v) is 15.3. The van der Waals surface area contributed by atoms with Crippen LogP contribution in [0.15, 0.2) is 42.6 Å². The van der Waals surface area contributed by atoms with Gasteiger partial charge in [0.25, 0.3) is 5.91 Å². The predicted octanol–water partition coefficient (Wildman–Crippen LogP) is 3.07. The van der Waals surface area contributed by atoms with Gasteiger partial charge in [-0.2, -0.15) is 5.10 Å². The van der Waals surface area contributed by atoms with Gasteiger partial charge in [0.15, 0.2) is 5.69 Å². The molecule has 0 atom stereocenters. The molecule has 1 aliphatic rings. The van der Waals surface area contributed by atoms with Crippen molar-refractivity contribution in [1.29, 1.82) is 0 Å². The molecule has 3 rings (SSSR count). The molecule has 0 spiro atoms. The Kier molecular flexibility index (Phi) is 5.87. The third-order valence-electron chi connectivity index (χ3n) is 5.14. The maximum Gasteiger partial charge on any atom is 0.274 e. The van der Waals surface area contributed by atoms with Crippen LogP contribution < -0.4 is 0 Å². The van der Waals surface area contributed by atoms with Crippen molar-refractivity contribution in [1.82, 2.24) is 19.6 Å². The molecule has 5 nitrogen and oxygen atoms in total. The van der Waals surface area contributed by atoms with E-state index in [4.69, 9.17) is 0 Å². The van der Waals surface area contributed by atoms with Gasteiger partial charge in [0.05, 0.1) is 5.69 Å². The molecule has 0 saturated carbocycles. The Hall–Kier alpha value is -2.14. The van der Waals surface area contributed by atoms with E-state index in [-0.39, 0.29) is 5.91 Å². The summed E-state index contributed by atoms with van der Waals surface area (Å²) in [4.78, 5) is 17.2. The van der Waals surface area contributed by atoms with Crippen LogP contribution in [0.5, 0.6) is 0 Å². The summed E-state index contributed by atoms with van der Waals surface area (Å²) in [6.45, 7) is 9.46. The van der Waals surface area contributed by atoms with Gasteiger partial charge >= 0.3 is 0 Å². The van der Waals surface area contributed by atoms with E-state index >= 15 is 0 Å². The van der Waals surface area contributed by atoms with Gasteiger partial charge < -0.3 is 9.80 Å². The van der Waals surface area contributed by atoms with Crippen LogP contribution in [0, 0.1) is 5.92 Å². The molecule has 0 radical (unpaired) electrons. The average Bonchev–Trinajstić information content (AvgIpc) is 3.17. The zero-order valence-electron chi connectivity index (χ0n) is 15.3. The Morgan fingerprint density at radius 2 is 1.80 bits per heavy atom. The summed E-state index contributed by atoms with van der Waals surface area (Å²) in [7, 11) is 0. The smallest absolute Gasteiger partial charge is 0.274 e. The Balaban J connectivity index is 1.57. The molecule has 2 heterocycles. The Morgan fingerprint density at radius 1 is 1.12 bits per heavy atom. The molecule has 1 fully saturated rings. The van der Waals surface area contributed by atoms with E-state index in [1.807, 2.05) is 47.5 Å². The van der Waals surface area contributed by atoms with Crippen LogP contribution in [0.1, 0.15) is 37.2 Å². The van der Waals surface area contributed by atoms with Crippen molar-refractivity contribution in [2.24, 2.45) is 5.92 Å². The lowest BCUT2D eigenvalue weighted by molar-refractivity contribution is 0.0663. The molecule has 0 N–H and O–H groups in total. The first-order valence-corrected chi connectivity index (χ1v) is 9.34. The molecular formula is C20H28N4O. The van der Waals surface area contributed by atoms with Crippen molar-refractivity contribution >= 4 is 5.91 Å². The molecule has 1 saturated heterocycles. The number of piperidine rings is 1. The summed E-state index contributed by atoms with van der Waals surface area (Å²) in [6, 6.07) is 11.7. The molecule has 1 aliphatic heterocycles. The van der Waals surface area contributed by atoms with Gasteiger partial charge in [0.1, 0.15) is 0 Å². The van der Waals surface area contributed by atoms with E-state index in [1.54, 1.807) is 4.68 Å². The summed E-state index contributed by atoms with van der Waals surface area (Å²) in [5.74, 6) is 0.752. The number of nitrogens with zero attached hydrogens (tertiary/aromatic N) is 4. The topological polar surface area (TPSA) is 41.4 Å². The van der Waals surface area contributed by atoms with Crippen LogP contribution in [-0.4, -0.2) is 58.2 Å². The Morgan fingerprint density at radius 3 is 2.44 bits per heavy atom. The highest BCUT2D eigenvalue weighted by atomic mass is 16.2. The maximum atomic E-state index is 12.7. The standard InChI is InChI=1S/C20H28N4O/c1-3-22(4-2)16-17-10-13-23(14-11-17)20(25)19-12-15-24(21-19)18-8-6-5-7-9-18/h5-9,12,15,17H,3-4,10-11,13-14,16H2,1-2H3. The largest absolute Gasteiger partial charge is 0.337 e. The lowest BCUT2D eigenvalue weighted by Crippen LogP contribution is -2.41. The second-order valence-electron chi connectivity index (χ2n) is 6.70. The van der Waals surface area contributed by atoms with Crippen molar-refractivity contribution in [3.63, 3.8) is 0 Å². The van der Waals surface area contributed by atoms with E-state index in [0.29, 0.717) is 11.6 Å². The first-order valence-electron chi connectivity index (χ1n) is 9.34. The minimum absolute atomic E-state index is 0.0518. The fraction of sp³-hybridized carbons (Fsp3) is 0.500. The number of carbonyl (C=O) groups excluding carboxylic acids is 1. The van der Waals surface area contributed by atoms with Crippen LogP contribution in [0.4, 0.5) is 0 Å². The van der Waals surface area contributed by atoms with Crippen LogP contribution in [0.3, 0.4) is 0 Å². The summed E-state index contributed by atoms with van der Waals surface area (Å²) < 4.78 is 1.76. The van der Waals surface area contributed by atoms with Crippen molar-refractivity contribution in [3.05, 3.63) is 48.3 Å². The van der Waals surface area contributed by atoms with E-state index < -0.39 is 0 Å². The number of hydrogen-bond acceptors (Lipinski definition) is 3. The number of hydrogen-bond donors (Lipinski definition) is 0. The lowest BCUT2D eigenvalue weighted by atomic mass is 9.96. The van der Waals surface area contributed by atoms with Crippen molar-refractivity contribution in [3.8, 4) is 5.69 Å². The number of aromatic nitrogens is 2. The minimum atomic E-state index is 0.0518. The highest BCUT2D eigenvalue weighted by Crippen LogP contribution is 2.20. The third kappa shape index (κ3) is 4.28. The summed E-state index contributed by atoms with van der Waals surface area (Å²) in [5, 5.41) is 4.47. The number of amides is 1. The van der Waals surface area contributed by atoms with Crippen LogP contribution in [-0.2, 0) is 0 Å². The molecule has 1 aromatic heterocycles. The molecule has 2 aromatic rings. The quantitative estimate of drug-likeness (QED) is 0.811. The summed E-state index contributed by atoms with van der Waals surface area (Å²) in [6.07, 6.45) is 4.03. The fourth-order valence-electron chi connectivity index (χ4n) is 3.49. The van der Waals surface area contributed by atoms with Crippen molar-refractivity contribution in [2.75, 3.05) is 32.7 Å². The van der Waals surface area contributed by atoms with Gasteiger partial charge in [0, 0.05) is 25.8 Å². The lowest BCUT2D eigenvalue weighted by Gasteiger charge is -2.34. The van der Waals surface area contributed by atoms with Crippen molar-refractivity contribution in [2.45, 2.75) is 26.7 Å². The number of rotatable bonds is 6. The highest BCUT2D eigenvalue weighted by molar-refractivity contribution is 5.92. The maximum absolute atomic E-state index is 12.7. The third-order valence-corrected chi connectivity index (χ3v) is 5.14. The minimum Gasteiger partial charge on any atom is -0.337 e. The van der Waals surface area contributed by atoms with Gasteiger partial charge in [-0.1, -0.05) is 32.0 Å². The van der Waals surface area contributed by atoms with Crippen LogP contribution in [0.2, 0.25) is 0 Å².